The van der Waals surface area contributed by atoms with Gasteiger partial charge in [-0.25, -0.2) is 0 Å². The van der Waals surface area contributed by atoms with Crippen LogP contribution in [0.15, 0.2) is 158 Å². The molecule has 0 fully saturated rings. The summed E-state index contributed by atoms with van der Waals surface area (Å²) < 4.78 is 0. The third kappa shape index (κ3) is 3.54. The smallest absolute Gasteiger partial charge is 0.00201 e. The van der Waals surface area contributed by atoms with Crippen molar-refractivity contribution >= 4 is 10.8 Å². The molecule has 7 aromatic rings. The van der Waals surface area contributed by atoms with E-state index >= 15 is 0 Å². The first-order chi connectivity index (χ1) is 19.9. The second-order valence-corrected chi connectivity index (χ2v) is 10.5. The topological polar surface area (TPSA) is 0 Å². The van der Waals surface area contributed by atoms with Crippen LogP contribution in [0.2, 0.25) is 0 Å². The van der Waals surface area contributed by atoms with Crippen LogP contribution in [-0.2, 0) is 0 Å². The summed E-state index contributed by atoms with van der Waals surface area (Å²) in [7, 11) is 0. The first-order valence-corrected chi connectivity index (χ1v) is 13.9. The van der Waals surface area contributed by atoms with Gasteiger partial charge in [-0.2, -0.15) is 0 Å². The van der Waals surface area contributed by atoms with E-state index in [2.05, 4.69) is 158 Å². The van der Waals surface area contributed by atoms with E-state index in [-0.39, 0.29) is 0 Å². The summed E-state index contributed by atoms with van der Waals surface area (Å²) in [6.07, 6.45) is 0. The van der Waals surface area contributed by atoms with E-state index in [9.17, 15) is 0 Å². The number of benzene rings is 7. The zero-order valence-electron chi connectivity index (χ0n) is 22.0. The fourth-order valence-corrected chi connectivity index (χ4v) is 6.47. The van der Waals surface area contributed by atoms with Gasteiger partial charge in [-0.05, 0) is 83.6 Å². The Balaban J connectivity index is 1.29. The Morgan fingerprint density at radius 2 is 0.625 bits per heavy atom. The molecule has 8 rings (SSSR count). The molecule has 40 heavy (non-hydrogen) atoms. The molecule has 1 aliphatic carbocycles. The minimum atomic E-state index is 1.22. The van der Waals surface area contributed by atoms with Crippen molar-refractivity contribution in [3.05, 3.63) is 158 Å². The number of hydrogen-bond donors (Lipinski definition) is 0. The zero-order chi connectivity index (χ0) is 26.5. The van der Waals surface area contributed by atoms with Gasteiger partial charge in [0.25, 0.3) is 0 Å². The van der Waals surface area contributed by atoms with Gasteiger partial charge in [0.1, 0.15) is 0 Å². The highest BCUT2D eigenvalue weighted by molar-refractivity contribution is 6.18. The Morgan fingerprint density at radius 3 is 1.27 bits per heavy atom. The van der Waals surface area contributed by atoms with Gasteiger partial charge in [-0.1, -0.05) is 152 Å². The van der Waals surface area contributed by atoms with Crippen molar-refractivity contribution < 1.29 is 0 Å². The molecule has 0 amide bonds. The van der Waals surface area contributed by atoms with E-state index in [1.54, 1.807) is 0 Å². The van der Waals surface area contributed by atoms with Crippen molar-refractivity contribution in [1.29, 1.82) is 0 Å². The van der Waals surface area contributed by atoms with Gasteiger partial charge in [-0.3, -0.25) is 0 Å². The molecule has 0 saturated heterocycles. The van der Waals surface area contributed by atoms with Gasteiger partial charge in [0, 0.05) is 0 Å². The molecule has 0 unspecified atom stereocenters. The molecule has 0 N–H and O–H groups in total. The second kappa shape index (κ2) is 9.22. The maximum atomic E-state index is 2.36. The van der Waals surface area contributed by atoms with Gasteiger partial charge in [0.15, 0.2) is 0 Å². The summed E-state index contributed by atoms with van der Waals surface area (Å²) in [5.41, 5.74) is 15.3. The molecule has 0 atom stereocenters. The van der Waals surface area contributed by atoms with Crippen molar-refractivity contribution in [3.63, 3.8) is 0 Å². The lowest BCUT2D eigenvalue weighted by molar-refractivity contribution is 1.56. The molecule has 0 saturated carbocycles. The third-order valence-corrected chi connectivity index (χ3v) is 8.26. The minimum Gasteiger partial charge on any atom is -0.0622 e. The molecule has 0 bridgehead atoms. The standard InChI is InChI=1S/C40H26/c1-2-12-27(13-3-1)30-16-4-6-18-33(30)34-19-7-5-17-31(34)28-14-10-15-29(26-28)32-24-25-39-36-21-9-8-20-35(36)38-23-11-22-37(32)40(38)39/h1-26H. The van der Waals surface area contributed by atoms with Gasteiger partial charge in [0.05, 0.1) is 0 Å². The Hall–Kier alpha value is -5.20. The first kappa shape index (κ1) is 22.8. The highest BCUT2D eigenvalue weighted by Crippen LogP contribution is 2.49. The van der Waals surface area contributed by atoms with Gasteiger partial charge < -0.3 is 0 Å². The highest BCUT2D eigenvalue weighted by Gasteiger charge is 2.22. The van der Waals surface area contributed by atoms with Gasteiger partial charge in [-0.15, -0.1) is 0 Å². The summed E-state index contributed by atoms with van der Waals surface area (Å²) in [6, 6.07) is 57.4. The molecule has 0 aliphatic heterocycles. The molecular formula is C40H26. The Bertz CT molecular complexity index is 2020. The van der Waals surface area contributed by atoms with Crippen LogP contribution >= 0.6 is 0 Å². The molecule has 0 heterocycles. The van der Waals surface area contributed by atoms with Crippen molar-refractivity contribution in [3.8, 4) is 66.8 Å². The van der Waals surface area contributed by atoms with E-state index in [0.29, 0.717) is 0 Å². The Kier molecular flexibility index (Phi) is 5.24. The number of hydrogen-bond acceptors (Lipinski definition) is 0. The lowest BCUT2D eigenvalue weighted by Crippen LogP contribution is -1.90. The summed E-state index contributed by atoms with van der Waals surface area (Å²) >= 11 is 0. The van der Waals surface area contributed by atoms with Crippen LogP contribution in [0, 0.1) is 0 Å². The predicted octanol–water partition coefficient (Wildman–Crippen LogP) is 11.2. The lowest BCUT2D eigenvalue weighted by Gasteiger charge is -2.16. The first-order valence-electron chi connectivity index (χ1n) is 13.9. The normalized spacial score (nSPS) is 11.5. The van der Waals surface area contributed by atoms with Crippen molar-refractivity contribution in [2.45, 2.75) is 0 Å². The van der Waals surface area contributed by atoms with E-state index in [0.717, 1.165) is 0 Å². The highest BCUT2D eigenvalue weighted by atomic mass is 14.2. The number of fused-ring (bicyclic) bond motifs is 3. The fraction of sp³-hybridized carbons (Fsp3) is 0. The predicted molar refractivity (Wildman–Crippen MR) is 170 cm³/mol. The summed E-state index contributed by atoms with van der Waals surface area (Å²) in [4.78, 5) is 0. The monoisotopic (exact) mass is 506 g/mol. The average Bonchev–Trinajstić information content (AvgIpc) is 3.37. The molecule has 0 radical (unpaired) electrons. The maximum Gasteiger partial charge on any atom is -0.00201 e. The minimum absolute atomic E-state index is 1.22. The van der Waals surface area contributed by atoms with E-state index < -0.39 is 0 Å². The molecule has 0 heteroatoms. The fourth-order valence-electron chi connectivity index (χ4n) is 6.47. The van der Waals surface area contributed by atoms with Gasteiger partial charge >= 0.3 is 0 Å². The Labute approximate surface area is 234 Å². The maximum absolute atomic E-state index is 2.36. The van der Waals surface area contributed by atoms with Crippen LogP contribution < -0.4 is 0 Å². The van der Waals surface area contributed by atoms with Crippen LogP contribution in [0.3, 0.4) is 0 Å². The number of rotatable bonds is 4. The van der Waals surface area contributed by atoms with Gasteiger partial charge in [0.2, 0.25) is 0 Å². The lowest BCUT2D eigenvalue weighted by atomic mass is 9.88. The van der Waals surface area contributed by atoms with Crippen LogP contribution in [0.25, 0.3) is 77.5 Å². The van der Waals surface area contributed by atoms with E-state index in [1.807, 2.05) is 0 Å². The van der Waals surface area contributed by atoms with Crippen LogP contribution in [0.4, 0.5) is 0 Å². The molecular weight excluding hydrogens is 480 g/mol. The molecule has 0 spiro atoms. The summed E-state index contributed by atoms with van der Waals surface area (Å²) in [6.45, 7) is 0. The third-order valence-electron chi connectivity index (χ3n) is 8.26. The van der Waals surface area contributed by atoms with Crippen LogP contribution in [0.1, 0.15) is 0 Å². The SMILES string of the molecule is c1ccc(-c2ccccc2-c2ccccc2-c2cccc(-c3ccc4c5c(cccc35)-c3ccccc3-4)c2)cc1. The summed E-state index contributed by atoms with van der Waals surface area (Å²) in [5, 5.41) is 2.68. The second-order valence-electron chi connectivity index (χ2n) is 10.5. The van der Waals surface area contributed by atoms with E-state index in [1.165, 1.54) is 77.5 Å². The Morgan fingerprint density at radius 1 is 0.225 bits per heavy atom. The van der Waals surface area contributed by atoms with Crippen molar-refractivity contribution in [2.75, 3.05) is 0 Å². The molecule has 0 aromatic heterocycles. The van der Waals surface area contributed by atoms with E-state index in [4.69, 9.17) is 0 Å². The average molecular weight is 507 g/mol. The quantitative estimate of drug-likeness (QED) is 0.223. The van der Waals surface area contributed by atoms with Crippen molar-refractivity contribution in [2.24, 2.45) is 0 Å². The zero-order valence-corrected chi connectivity index (χ0v) is 22.0. The molecule has 1 aliphatic rings. The largest absolute Gasteiger partial charge is 0.0622 e. The molecule has 7 aromatic carbocycles. The molecule has 0 nitrogen and oxygen atoms in total. The summed E-state index contributed by atoms with van der Waals surface area (Å²) in [5.74, 6) is 0. The van der Waals surface area contributed by atoms with Crippen LogP contribution in [0.5, 0.6) is 0 Å². The molecule has 186 valence electrons. The van der Waals surface area contributed by atoms with Crippen molar-refractivity contribution in [1.82, 2.24) is 0 Å². The van der Waals surface area contributed by atoms with Crippen LogP contribution in [-0.4, -0.2) is 0 Å².